The summed E-state index contributed by atoms with van der Waals surface area (Å²) >= 11 is 3.26. The number of thiazole rings is 1. The summed E-state index contributed by atoms with van der Waals surface area (Å²) in [6, 6.07) is 22.7. The maximum atomic E-state index is 13.3. The molecule has 0 spiro atoms. The highest BCUT2D eigenvalue weighted by molar-refractivity contribution is 8.08. The normalized spacial score (nSPS) is 14.7. The van der Waals surface area contributed by atoms with Crippen molar-refractivity contribution in [2.75, 3.05) is 11.9 Å². The zero-order valence-corrected chi connectivity index (χ0v) is 25.5. The molecule has 1 aliphatic heterocycles. The Morgan fingerprint density at radius 1 is 0.976 bits per heavy atom. The van der Waals surface area contributed by atoms with Crippen LogP contribution in [0.25, 0.3) is 21.9 Å². The van der Waals surface area contributed by atoms with Crippen LogP contribution in [-0.2, 0) is 23.7 Å². The fourth-order valence-electron chi connectivity index (χ4n) is 4.56. The molecule has 6 rings (SSSR count). The van der Waals surface area contributed by atoms with Crippen LogP contribution in [0.3, 0.4) is 0 Å². The summed E-state index contributed by atoms with van der Waals surface area (Å²) in [5, 5.41) is 3.45. The van der Waals surface area contributed by atoms with E-state index in [4.69, 9.17) is 0 Å². The van der Waals surface area contributed by atoms with Gasteiger partial charge in [-0.05, 0) is 49.1 Å². The van der Waals surface area contributed by atoms with E-state index in [9.17, 15) is 17.8 Å². The van der Waals surface area contributed by atoms with E-state index in [1.54, 1.807) is 35.2 Å². The molecular formula is C31H29N3O4S3. The molecule has 1 aliphatic rings. The summed E-state index contributed by atoms with van der Waals surface area (Å²) in [7, 11) is -0.203. The maximum absolute atomic E-state index is 13.3. The van der Waals surface area contributed by atoms with Gasteiger partial charge in [-0.1, -0.05) is 59.8 Å². The van der Waals surface area contributed by atoms with Crippen molar-refractivity contribution in [2.24, 2.45) is 7.05 Å². The second kappa shape index (κ2) is 11.7. The molecule has 7 nitrogen and oxygen atoms in total. The van der Waals surface area contributed by atoms with Crippen molar-refractivity contribution < 1.29 is 17.5 Å². The summed E-state index contributed by atoms with van der Waals surface area (Å²) in [5.74, 6) is 0. The van der Waals surface area contributed by atoms with E-state index >= 15 is 0 Å². The molecule has 10 heteroatoms. The number of benzene rings is 3. The molecule has 3 aromatic carbocycles. The molecule has 0 amide bonds. The van der Waals surface area contributed by atoms with Crippen molar-refractivity contribution in [3.05, 3.63) is 116 Å². The lowest BCUT2D eigenvalue weighted by atomic mass is 10.1. The number of thioether (sulfide) groups is 1. The molecule has 0 radical (unpaired) electrons. The number of pyridine rings is 1. The van der Waals surface area contributed by atoms with Crippen LogP contribution in [-0.4, -0.2) is 24.6 Å². The minimum absolute atomic E-state index is 0.0849. The second-order valence-electron chi connectivity index (χ2n) is 9.63. The lowest BCUT2D eigenvalue weighted by Gasteiger charge is -2.15. The molecule has 0 aliphatic carbocycles. The van der Waals surface area contributed by atoms with Crippen LogP contribution < -0.4 is 24.2 Å². The van der Waals surface area contributed by atoms with Crippen LogP contribution in [0.5, 0.6) is 0 Å². The Labute approximate surface area is 247 Å². The first-order valence-electron chi connectivity index (χ1n) is 12.9. The number of hydrogen-bond acceptors (Lipinski definition) is 7. The number of aryl methyl sites for hydroxylation is 2. The predicted molar refractivity (Wildman–Crippen MR) is 165 cm³/mol. The SMILES string of the molecule is CCn1c(=O)/c(=C2/Sc3ccc4ccccc4c3N2C)s/c1=C/c1cc[n+](C)cc1.Cc1ccc(S(=O)(=O)[O-])cc1. The van der Waals surface area contributed by atoms with Crippen molar-refractivity contribution in [1.29, 1.82) is 0 Å². The van der Waals surface area contributed by atoms with Gasteiger partial charge in [-0.15, -0.1) is 11.3 Å². The van der Waals surface area contributed by atoms with Gasteiger partial charge in [0.1, 0.15) is 26.7 Å². The molecule has 2 aromatic heterocycles. The maximum Gasteiger partial charge on any atom is 0.271 e. The van der Waals surface area contributed by atoms with Crippen molar-refractivity contribution >= 4 is 60.8 Å². The number of fused-ring (bicyclic) bond motifs is 3. The minimum atomic E-state index is -4.27. The van der Waals surface area contributed by atoms with Crippen molar-refractivity contribution in [3.63, 3.8) is 0 Å². The number of anilines is 1. The van der Waals surface area contributed by atoms with Crippen molar-refractivity contribution in [3.8, 4) is 0 Å². The standard InChI is InChI=1S/C24H22N3OS2.C7H8O3S/c1-4-27-20(15-16-11-13-25(2)14-12-16)30-22(23(27)28)24-26(3)21-18-8-6-5-7-17(18)9-10-19(21)29-24;1-6-2-4-7(5-3-6)11(8,9)10/h5-15H,4H2,1-3H3;2-5H,1H3,(H,8,9,10)/q+1;/p-1/b24-22-;. The molecule has 3 heterocycles. The average Bonchev–Trinajstić information content (AvgIpc) is 3.45. The smallest absolute Gasteiger partial charge is 0.271 e. The lowest BCUT2D eigenvalue weighted by molar-refractivity contribution is -0.671. The molecule has 5 aromatic rings. The van der Waals surface area contributed by atoms with Gasteiger partial charge in [0.05, 0.1) is 15.2 Å². The topological polar surface area (TPSA) is 86.3 Å². The number of hydrogen-bond donors (Lipinski definition) is 0. The van der Waals surface area contributed by atoms with Crippen LogP contribution in [0.15, 0.2) is 99.8 Å². The van der Waals surface area contributed by atoms with Gasteiger partial charge >= 0.3 is 0 Å². The van der Waals surface area contributed by atoms with Crippen molar-refractivity contribution in [1.82, 2.24) is 4.57 Å². The van der Waals surface area contributed by atoms with Crippen LogP contribution in [0.1, 0.15) is 18.1 Å². The predicted octanol–water partition coefficient (Wildman–Crippen LogP) is 3.94. The Morgan fingerprint density at radius 2 is 1.66 bits per heavy atom. The third-order valence-electron chi connectivity index (χ3n) is 6.74. The van der Waals surface area contributed by atoms with Crippen LogP contribution in [0.2, 0.25) is 0 Å². The Morgan fingerprint density at radius 3 is 2.32 bits per heavy atom. The van der Waals surface area contributed by atoms with Crippen LogP contribution in [0.4, 0.5) is 5.69 Å². The summed E-state index contributed by atoms with van der Waals surface area (Å²) in [4.78, 5) is 16.5. The van der Waals surface area contributed by atoms with Gasteiger partial charge in [-0.25, -0.2) is 13.0 Å². The molecule has 0 bridgehead atoms. The highest BCUT2D eigenvalue weighted by Crippen LogP contribution is 2.48. The summed E-state index contributed by atoms with van der Waals surface area (Å²) in [5.41, 5.74) is 3.29. The number of nitrogens with zero attached hydrogens (tertiary/aromatic N) is 3. The molecule has 0 saturated heterocycles. The molecule has 0 saturated carbocycles. The van der Waals surface area contributed by atoms with Crippen LogP contribution in [0, 0.1) is 6.92 Å². The van der Waals surface area contributed by atoms with E-state index < -0.39 is 10.1 Å². The van der Waals surface area contributed by atoms with E-state index in [1.807, 2.05) is 42.4 Å². The molecular weight excluding hydrogens is 575 g/mol. The first-order chi connectivity index (χ1) is 19.6. The lowest BCUT2D eigenvalue weighted by Crippen LogP contribution is -2.33. The Bertz CT molecular complexity index is 2030. The summed E-state index contributed by atoms with van der Waals surface area (Å²) in [6.45, 7) is 4.50. The Kier molecular flexibility index (Phi) is 8.19. The first kappa shape index (κ1) is 28.8. The minimum Gasteiger partial charge on any atom is -0.744 e. The molecule has 210 valence electrons. The van der Waals surface area contributed by atoms with E-state index in [-0.39, 0.29) is 10.5 Å². The van der Waals surface area contributed by atoms with E-state index in [0.717, 1.165) is 25.4 Å². The van der Waals surface area contributed by atoms with Gasteiger partial charge in [-0.3, -0.25) is 9.36 Å². The van der Waals surface area contributed by atoms with Crippen molar-refractivity contribution in [2.45, 2.75) is 30.2 Å². The molecule has 41 heavy (non-hydrogen) atoms. The van der Waals surface area contributed by atoms with Gasteiger partial charge in [0.15, 0.2) is 12.4 Å². The van der Waals surface area contributed by atoms with E-state index in [0.29, 0.717) is 6.54 Å². The highest BCUT2D eigenvalue weighted by atomic mass is 32.2. The summed E-state index contributed by atoms with van der Waals surface area (Å²) < 4.78 is 36.8. The Balaban J connectivity index is 0.000000259. The zero-order valence-electron chi connectivity index (χ0n) is 23.1. The molecule has 0 unspecified atom stereocenters. The molecule has 0 atom stereocenters. The van der Waals surface area contributed by atoms with E-state index in [1.165, 1.54) is 33.5 Å². The fraction of sp³-hybridized carbons (Fsp3) is 0.161. The first-order valence-corrected chi connectivity index (χ1v) is 16.0. The number of rotatable bonds is 3. The van der Waals surface area contributed by atoms with Gasteiger partial charge in [0, 0.05) is 36.0 Å². The third-order valence-corrected chi connectivity index (χ3v) is 10.1. The van der Waals surface area contributed by atoms with Gasteiger partial charge in [0.25, 0.3) is 5.56 Å². The number of aromatic nitrogens is 2. The van der Waals surface area contributed by atoms with Crippen LogP contribution >= 0.6 is 23.1 Å². The molecule has 0 fully saturated rings. The largest absolute Gasteiger partial charge is 0.744 e. The fourth-order valence-corrected chi connectivity index (χ4v) is 7.52. The Hall–Kier alpha value is -3.70. The average molecular weight is 604 g/mol. The molecule has 0 N–H and O–H groups in total. The summed E-state index contributed by atoms with van der Waals surface area (Å²) in [6.07, 6.45) is 6.14. The third kappa shape index (κ3) is 6.01. The second-order valence-corrected chi connectivity index (χ2v) is 13.1. The quantitative estimate of drug-likeness (QED) is 0.229. The van der Waals surface area contributed by atoms with Gasteiger partial charge in [0.2, 0.25) is 0 Å². The van der Waals surface area contributed by atoms with E-state index in [2.05, 4.69) is 66.6 Å². The van der Waals surface area contributed by atoms with Gasteiger partial charge < -0.3 is 9.45 Å². The highest BCUT2D eigenvalue weighted by Gasteiger charge is 2.26. The zero-order chi connectivity index (χ0) is 29.3. The monoisotopic (exact) mass is 603 g/mol. The van der Waals surface area contributed by atoms with Gasteiger partial charge in [-0.2, -0.15) is 0 Å².